The number of fused-ring (bicyclic) bond motifs is 1. The minimum atomic E-state index is -0.0306. The van der Waals surface area contributed by atoms with E-state index in [9.17, 15) is 4.79 Å². The van der Waals surface area contributed by atoms with E-state index in [0.717, 1.165) is 41.2 Å². The Bertz CT molecular complexity index is 1020. The average Bonchev–Trinajstić information content (AvgIpc) is 2.69. The van der Waals surface area contributed by atoms with E-state index in [1.54, 1.807) is 0 Å². The summed E-state index contributed by atoms with van der Waals surface area (Å²) in [5.41, 5.74) is 4.60. The van der Waals surface area contributed by atoms with Gasteiger partial charge in [0.05, 0.1) is 22.6 Å². The molecule has 1 aliphatic heterocycles. The van der Waals surface area contributed by atoms with Crippen LogP contribution in [0.1, 0.15) is 17.0 Å². The van der Waals surface area contributed by atoms with Crippen molar-refractivity contribution in [3.63, 3.8) is 0 Å². The molecule has 0 saturated carbocycles. The lowest BCUT2D eigenvalue weighted by Crippen LogP contribution is -2.35. The molecule has 0 fully saturated rings. The maximum absolute atomic E-state index is 12.3. The Morgan fingerprint density at radius 2 is 2.00 bits per heavy atom. The first-order valence-electron chi connectivity index (χ1n) is 8.72. The molecule has 138 valence electrons. The Balaban J connectivity index is 1.53. The highest BCUT2D eigenvalue weighted by atomic mass is 35.5. The van der Waals surface area contributed by atoms with E-state index in [2.05, 4.69) is 14.9 Å². The van der Waals surface area contributed by atoms with Gasteiger partial charge in [-0.3, -0.25) is 14.7 Å². The van der Waals surface area contributed by atoms with E-state index < -0.39 is 0 Å². The molecule has 3 aromatic rings. The first kappa shape index (κ1) is 18.2. The summed E-state index contributed by atoms with van der Waals surface area (Å²) in [4.78, 5) is 26.8. The topological polar surface area (TPSA) is 61.9 Å². The molecule has 1 aliphatic rings. The van der Waals surface area contributed by atoms with Crippen LogP contribution in [0.2, 0.25) is 5.02 Å². The van der Waals surface area contributed by atoms with Gasteiger partial charge in [-0.05, 0) is 30.5 Å². The number of benzene rings is 1. The van der Waals surface area contributed by atoms with Gasteiger partial charge in [-0.1, -0.05) is 41.6 Å². The Morgan fingerprint density at radius 3 is 2.78 bits per heavy atom. The minimum Gasteiger partial charge on any atom is -0.301 e. The van der Waals surface area contributed by atoms with E-state index in [1.807, 2.05) is 48.7 Å². The lowest BCUT2D eigenvalue weighted by atomic mass is 10.1. The van der Waals surface area contributed by atoms with Gasteiger partial charge in [-0.25, -0.2) is 4.98 Å². The van der Waals surface area contributed by atoms with Crippen LogP contribution < -0.4 is 5.56 Å². The van der Waals surface area contributed by atoms with Gasteiger partial charge in [0.15, 0.2) is 5.16 Å². The average molecular weight is 399 g/mol. The fraction of sp³-hybridized carbons (Fsp3) is 0.250. The van der Waals surface area contributed by atoms with Crippen LogP contribution in [-0.2, 0) is 19.5 Å². The van der Waals surface area contributed by atoms with E-state index in [0.29, 0.717) is 23.3 Å². The van der Waals surface area contributed by atoms with Gasteiger partial charge in [-0.2, -0.15) is 0 Å². The molecule has 0 amide bonds. The van der Waals surface area contributed by atoms with Gasteiger partial charge in [-0.15, -0.1) is 0 Å². The zero-order chi connectivity index (χ0) is 18.8. The van der Waals surface area contributed by atoms with Crippen molar-refractivity contribution < 1.29 is 0 Å². The molecule has 5 nitrogen and oxygen atoms in total. The molecule has 1 N–H and O–H groups in total. The van der Waals surface area contributed by atoms with E-state index in [-0.39, 0.29) is 5.56 Å². The van der Waals surface area contributed by atoms with Crippen LogP contribution in [0.4, 0.5) is 0 Å². The van der Waals surface area contributed by atoms with Gasteiger partial charge < -0.3 is 4.98 Å². The molecule has 0 spiro atoms. The van der Waals surface area contributed by atoms with Crippen LogP contribution in [0.5, 0.6) is 0 Å². The highest BCUT2D eigenvalue weighted by molar-refractivity contribution is 7.98. The number of aromatic amines is 1. The molecular formula is C20H19ClN4OS. The predicted octanol–water partition coefficient (Wildman–Crippen LogP) is 3.77. The second kappa shape index (κ2) is 7.84. The Kier molecular flexibility index (Phi) is 5.29. The molecule has 27 heavy (non-hydrogen) atoms. The van der Waals surface area contributed by atoms with Crippen LogP contribution in [0, 0.1) is 0 Å². The third kappa shape index (κ3) is 4.08. The highest BCUT2D eigenvalue weighted by Crippen LogP contribution is 2.22. The Hall–Kier alpha value is -2.15. The maximum Gasteiger partial charge on any atom is 0.256 e. The van der Waals surface area contributed by atoms with Crippen molar-refractivity contribution in [1.82, 2.24) is 19.9 Å². The summed E-state index contributed by atoms with van der Waals surface area (Å²) in [7, 11) is 0. The van der Waals surface area contributed by atoms with Gasteiger partial charge in [0.25, 0.3) is 5.56 Å². The standard InChI is InChI=1S/C20H19ClN4OS/c1-27-20-23-18-9-10-25(12-16(18)19(26)24-20)11-15-3-2-4-17(22-15)13-5-7-14(21)8-6-13/h2-8H,9-12H2,1H3,(H,23,24,26). The molecule has 7 heteroatoms. The van der Waals surface area contributed by atoms with Gasteiger partial charge in [0.1, 0.15) is 0 Å². The summed E-state index contributed by atoms with van der Waals surface area (Å²) < 4.78 is 0. The van der Waals surface area contributed by atoms with Crippen molar-refractivity contribution in [2.45, 2.75) is 24.7 Å². The molecule has 0 saturated heterocycles. The van der Waals surface area contributed by atoms with Gasteiger partial charge in [0.2, 0.25) is 0 Å². The van der Waals surface area contributed by atoms with Crippen molar-refractivity contribution in [3.8, 4) is 11.3 Å². The quantitative estimate of drug-likeness (QED) is 0.535. The summed E-state index contributed by atoms with van der Waals surface area (Å²) in [6, 6.07) is 13.7. The number of H-pyrrole nitrogens is 1. The van der Waals surface area contributed by atoms with Crippen molar-refractivity contribution in [1.29, 1.82) is 0 Å². The normalized spacial score (nSPS) is 14.1. The number of hydrogen-bond donors (Lipinski definition) is 1. The third-order valence-electron chi connectivity index (χ3n) is 4.65. The van der Waals surface area contributed by atoms with E-state index in [4.69, 9.17) is 16.6 Å². The number of pyridine rings is 1. The second-order valence-electron chi connectivity index (χ2n) is 6.48. The molecule has 0 unspecified atom stereocenters. The van der Waals surface area contributed by atoms with Crippen LogP contribution in [0.3, 0.4) is 0 Å². The molecule has 4 rings (SSSR count). The summed E-state index contributed by atoms with van der Waals surface area (Å²) in [5.74, 6) is 0. The fourth-order valence-corrected chi connectivity index (χ4v) is 3.79. The maximum atomic E-state index is 12.3. The zero-order valence-electron chi connectivity index (χ0n) is 14.9. The van der Waals surface area contributed by atoms with Crippen LogP contribution in [0.15, 0.2) is 52.4 Å². The zero-order valence-corrected chi connectivity index (χ0v) is 16.5. The van der Waals surface area contributed by atoms with E-state index >= 15 is 0 Å². The van der Waals surface area contributed by atoms with Crippen molar-refractivity contribution in [2.24, 2.45) is 0 Å². The molecule has 1 aromatic carbocycles. The number of rotatable bonds is 4. The summed E-state index contributed by atoms with van der Waals surface area (Å²) in [6.45, 7) is 2.16. The molecule has 0 bridgehead atoms. The summed E-state index contributed by atoms with van der Waals surface area (Å²) in [5, 5.41) is 1.40. The smallest absolute Gasteiger partial charge is 0.256 e. The number of nitrogens with zero attached hydrogens (tertiary/aromatic N) is 3. The number of halogens is 1. The lowest BCUT2D eigenvalue weighted by Gasteiger charge is -2.27. The highest BCUT2D eigenvalue weighted by Gasteiger charge is 2.21. The van der Waals surface area contributed by atoms with Crippen molar-refractivity contribution in [2.75, 3.05) is 12.8 Å². The number of thioether (sulfide) groups is 1. The largest absolute Gasteiger partial charge is 0.301 e. The van der Waals surface area contributed by atoms with Gasteiger partial charge >= 0.3 is 0 Å². The summed E-state index contributed by atoms with van der Waals surface area (Å²) >= 11 is 7.43. The van der Waals surface area contributed by atoms with Crippen LogP contribution in [0.25, 0.3) is 11.3 Å². The van der Waals surface area contributed by atoms with Gasteiger partial charge in [0, 0.05) is 36.6 Å². The van der Waals surface area contributed by atoms with Crippen LogP contribution >= 0.6 is 23.4 Å². The molecule has 2 aromatic heterocycles. The lowest BCUT2D eigenvalue weighted by molar-refractivity contribution is 0.238. The minimum absolute atomic E-state index is 0.0306. The third-order valence-corrected chi connectivity index (χ3v) is 5.48. The predicted molar refractivity (Wildman–Crippen MR) is 109 cm³/mol. The van der Waals surface area contributed by atoms with Crippen molar-refractivity contribution >= 4 is 23.4 Å². The summed E-state index contributed by atoms with van der Waals surface area (Å²) in [6.07, 6.45) is 2.70. The molecule has 0 atom stereocenters. The number of aromatic nitrogens is 3. The Labute approximate surface area is 166 Å². The fourth-order valence-electron chi connectivity index (χ4n) is 3.27. The molecule has 0 radical (unpaired) electrons. The second-order valence-corrected chi connectivity index (χ2v) is 7.71. The molecular weight excluding hydrogens is 380 g/mol. The van der Waals surface area contributed by atoms with E-state index in [1.165, 1.54) is 11.8 Å². The van der Waals surface area contributed by atoms with Crippen molar-refractivity contribution in [3.05, 3.63) is 74.8 Å². The monoisotopic (exact) mass is 398 g/mol. The first-order valence-corrected chi connectivity index (χ1v) is 10.3. The SMILES string of the molecule is CSc1nc2c(c(=O)[nH]1)CN(Cc1cccc(-c3ccc(Cl)cc3)n1)CC2. The molecule has 0 aliphatic carbocycles. The number of nitrogens with one attached hydrogen (secondary N) is 1. The molecule has 3 heterocycles. The van der Waals surface area contributed by atoms with Crippen LogP contribution in [-0.4, -0.2) is 32.7 Å². The Morgan fingerprint density at radius 1 is 1.19 bits per heavy atom. The first-order chi connectivity index (χ1) is 13.1. The number of hydrogen-bond acceptors (Lipinski definition) is 5.